The molecule has 0 aliphatic heterocycles. The van der Waals surface area contributed by atoms with E-state index in [0.717, 1.165) is 30.2 Å². The average Bonchev–Trinajstić information content (AvgIpc) is 3.34. The predicted octanol–water partition coefficient (Wildman–Crippen LogP) is 2.75. The molecule has 1 amide bonds. The largest absolute Gasteiger partial charge is 0.465 e. The minimum absolute atomic E-state index is 0.0464. The Bertz CT molecular complexity index is 561. The Morgan fingerprint density at radius 1 is 1.38 bits per heavy atom. The molecule has 3 rings (SSSR count). The molecular formula is C15H19BrN2O3. The molecule has 6 heteroatoms. The number of carbonyl (C=O) groups excluding carboxylic acids is 2. The summed E-state index contributed by atoms with van der Waals surface area (Å²) in [5, 5.41) is 0. The Morgan fingerprint density at radius 3 is 2.67 bits per heavy atom. The number of halogens is 1. The molecule has 21 heavy (non-hydrogen) atoms. The Balaban J connectivity index is 1.79. The summed E-state index contributed by atoms with van der Waals surface area (Å²) in [5.41, 5.74) is 0.667. The van der Waals surface area contributed by atoms with Gasteiger partial charge in [-0.3, -0.25) is 9.59 Å². The van der Waals surface area contributed by atoms with Gasteiger partial charge in [-0.2, -0.15) is 0 Å². The first kappa shape index (κ1) is 14.6. The SMILES string of the molecule is CCOC(=O)CN(C(=O)c1cc(Br)cn1C1CC1)C1CC1. The van der Waals surface area contributed by atoms with Crippen molar-refractivity contribution in [3.05, 3.63) is 22.4 Å². The smallest absolute Gasteiger partial charge is 0.325 e. The quantitative estimate of drug-likeness (QED) is 0.738. The first-order valence-electron chi connectivity index (χ1n) is 7.44. The van der Waals surface area contributed by atoms with Crippen molar-refractivity contribution in [3.63, 3.8) is 0 Å². The average molecular weight is 355 g/mol. The van der Waals surface area contributed by atoms with E-state index in [1.165, 1.54) is 0 Å². The van der Waals surface area contributed by atoms with Gasteiger partial charge in [0, 0.05) is 22.8 Å². The maximum atomic E-state index is 12.8. The van der Waals surface area contributed by atoms with E-state index in [9.17, 15) is 9.59 Å². The van der Waals surface area contributed by atoms with Gasteiger partial charge in [-0.1, -0.05) is 0 Å². The molecule has 1 aromatic rings. The molecule has 0 N–H and O–H groups in total. The van der Waals surface area contributed by atoms with Gasteiger partial charge >= 0.3 is 5.97 Å². The molecule has 114 valence electrons. The third-order valence-electron chi connectivity index (χ3n) is 3.83. The van der Waals surface area contributed by atoms with Gasteiger partial charge in [0.15, 0.2) is 0 Å². The zero-order chi connectivity index (χ0) is 15.0. The molecule has 0 spiro atoms. The molecule has 0 bridgehead atoms. The molecule has 1 heterocycles. The van der Waals surface area contributed by atoms with Crippen LogP contribution in [0, 0.1) is 0 Å². The molecular weight excluding hydrogens is 336 g/mol. The number of nitrogens with zero attached hydrogens (tertiary/aromatic N) is 2. The third kappa shape index (κ3) is 3.31. The normalized spacial score (nSPS) is 17.6. The molecule has 2 aliphatic rings. The van der Waals surface area contributed by atoms with Gasteiger partial charge in [0.25, 0.3) is 5.91 Å². The fourth-order valence-electron chi connectivity index (χ4n) is 2.52. The first-order chi connectivity index (χ1) is 10.1. The highest BCUT2D eigenvalue weighted by Crippen LogP contribution is 2.38. The highest BCUT2D eigenvalue weighted by molar-refractivity contribution is 9.10. The Morgan fingerprint density at radius 2 is 2.10 bits per heavy atom. The second-order valence-corrected chi connectivity index (χ2v) is 6.57. The molecule has 0 aromatic carbocycles. The number of esters is 1. The molecule has 5 nitrogen and oxygen atoms in total. The summed E-state index contributed by atoms with van der Waals surface area (Å²) < 4.78 is 7.92. The Labute approximate surface area is 132 Å². The lowest BCUT2D eigenvalue weighted by atomic mass is 10.3. The fraction of sp³-hybridized carbons (Fsp3) is 0.600. The number of carbonyl (C=O) groups is 2. The van der Waals surface area contributed by atoms with Gasteiger partial charge in [0.05, 0.1) is 6.61 Å². The van der Waals surface area contributed by atoms with Crippen molar-refractivity contribution in [2.24, 2.45) is 0 Å². The van der Waals surface area contributed by atoms with Crippen LogP contribution >= 0.6 is 15.9 Å². The van der Waals surface area contributed by atoms with E-state index in [4.69, 9.17) is 4.74 Å². The van der Waals surface area contributed by atoms with Crippen molar-refractivity contribution < 1.29 is 14.3 Å². The van der Waals surface area contributed by atoms with Crippen LogP contribution in [0.5, 0.6) is 0 Å². The van der Waals surface area contributed by atoms with E-state index in [1.54, 1.807) is 11.8 Å². The van der Waals surface area contributed by atoms with Gasteiger partial charge in [-0.15, -0.1) is 0 Å². The summed E-state index contributed by atoms with van der Waals surface area (Å²) >= 11 is 3.44. The van der Waals surface area contributed by atoms with Crippen LogP contribution in [-0.4, -0.2) is 40.5 Å². The summed E-state index contributed by atoms with van der Waals surface area (Å²) in [7, 11) is 0. The minimum atomic E-state index is -0.332. The Hall–Kier alpha value is -1.30. The van der Waals surface area contributed by atoms with Crippen molar-refractivity contribution >= 4 is 27.8 Å². The molecule has 0 saturated heterocycles. The van der Waals surface area contributed by atoms with Gasteiger partial charge in [0.2, 0.25) is 0 Å². The first-order valence-corrected chi connectivity index (χ1v) is 8.23. The van der Waals surface area contributed by atoms with Crippen molar-refractivity contribution in [3.8, 4) is 0 Å². The summed E-state index contributed by atoms with van der Waals surface area (Å²) in [4.78, 5) is 26.2. The summed E-state index contributed by atoms with van der Waals surface area (Å²) in [6.45, 7) is 2.16. The van der Waals surface area contributed by atoms with Crippen molar-refractivity contribution in [1.29, 1.82) is 0 Å². The van der Waals surface area contributed by atoms with Crippen molar-refractivity contribution in [2.75, 3.05) is 13.2 Å². The lowest BCUT2D eigenvalue weighted by Crippen LogP contribution is -2.39. The third-order valence-corrected chi connectivity index (χ3v) is 4.26. The van der Waals surface area contributed by atoms with E-state index < -0.39 is 0 Å². The van der Waals surface area contributed by atoms with Crippen LogP contribution in [0.2, 0.25) is 0 Å². The topological polar surface area (TPSA) is 51.5 Å². The van der Waals surface area contributed by atoms with Crippen LogP contribution in [-0.2, 0) is 9.53 Å². The van der Waals surface area contributed by atoms with Crippen LogP contribution in [0.15, 0.2) is 16.7 Å². The monoisotopic (exact) mass is 354 g/mol. The second kappa shape index (κ2) is 5.83. The molecule has 2 saturated carbocycles. The lowest BCUT2D eigenvalue weighted by molar-refractivity contribution is -0.144. The van der Waals surface area contributed by atoms with Crippen LogP contribution in [0.4, 0.5) is 0 Å². The van der Waals surface area contributed by atoms with E-state index >= 15 is 0 Å². The minimum Gasteiger partial charge on any atom is -0.465 e. The van der Waals surface area contributed by atoms with Gasteiger partial charge in [-0.25, -0.2) is 0 Å². The van der Waals surface area contributed by atoms with Crippen molar-refractivity contribution in [1.82, 2.24) is 9.47 Å². The van der Waals surface area contributed by atoms with Crippen LogP contribution in [0.1, 0.15) is 49.1 Å². The highest BCUT2D eigenvalue weighted by Gasteiger charge is 2.37. The molecule has 0 radical (unpaired) electrons. The van der Waals surface area contributed by atoms with E-state index in [-0.39, 0.29) is 24.5 Å². The van der Waals surface area contributed by atoms with E-state index in [1.807, 2.05) is 16.8 Å². The van der Waals surface area contributed by atoms with Gasteiger partial charge in [-0.05, 0) is 54.6 Å². The molecule has 2 fully saturated rings. The standard InChI is InChI=1S/C15H19BrN2O3/c1-2-21-14(19)9-18(12-5-6-12)15(20)13-7-10(16)8-17(13)11-3-4-11/h7-8,11-12H,2-6,9H2,1H3. The predicted molar refractivity (Wildman–Crippen MR) is 81.1 cm³/mol. The van der Waals surface area contributed by atoms with E-state index in [2.05, 4.69) is 15.9 Å². The fourth-order valence-corrected chi connectivity index (χ4v) is 2.96. The zero-order valence-electron chi connectivity index (χ0n) is 12.0. The number of hydrogen-bond donors (Lipinski definition) is 0. The molecule has 0 atom stereocenters. The molecule has 2 aliphatic carbocycles. The summed E-state index contributed by atoms with van der Waals surface area (Å²) in [6, 6.07) is 2.46. The maximum Gasteiger partial charge on any atom is 0.325 e. The summed E-state index contributed by atoms with van der Waals surface area (Å²) in [6.07, 6.45) is 6.12. The molecule has 1 aromatic heterocycles. The van der Waals surface area contributed by atoms with Crippen LogP contribution in [0.25, 0.3) is 0 Å². The number of aromatic nitrogens is 1. The zero-order valence-corrected chi connectivity index (χ0v) is 13.6. The Kier molecular flexibility index (Phi) is 4.06. The van der Waals surface area contributed by atoms with Gasteiger partial charge in [0.1, 0.15) is 12.2 Å². The van der Waals surface area contributed by atoms with Crippen molar-refractivity contribution in [2.45, 2.75) is 44.7 Å². The number of ether oxygens (including phenoxy) is 1. The van der Waals surface area contributed by atoms with Crippen LogP contribution < -0.4 is 0 Å². The van der Waals surface area contributed by atoms with E-state index in [0.29, 0.717) is 18.3 Å². The number of hydrogen-bond acceptors (Lipinski definition) is 3. The number of amides is 1. The number of rotatable bonds is 6. The summed E-state index contributed by atoms with van der Waals surface area (Å²) in [5.74, 6) is -0.399. The maximum absolute atomic E-state index is 12.8. The van der Waals surface area contributed by atoms with Gasteiger partial charge < -0.3 is 14.2 Å². The van der Waals surface area contributed by atoms with Crippen LogP contribution in [0.3, 0.4) is 0 Å². The molecule has 0 unspecified atom stereocenters. The second-order valence-electron chi connectivity index (χ2n) is 5.65. The highest BCUT2D eigenvalue weighted by atomic mass is 79.9. The lowest BCUT2D eigenvalue weighted by Gasteiger charge is -2.22.